The third kappa shape index (κ3) is 19.0. The molecule has 0 saturated carbocycles. The number of benzene rings is 4. The molecule has 105 heavy (non-hydrogen) atoms. The number of Topliss-reactive ketones (excluding diaryl/α,β-unsaturated/α-hetero) is 1. The molecule has 0 aliphatic heterocycles. The second-order valence-electron chi connectivity index (χ2n) is 22.2. The summed E-state index contributed by atoms with van der Waals surface area (Å²) in [5.74, 6) is -3.87. The van der Waals surface area contributed by atoms with E-state index in [1.165, 1.54) is 77.1 Å². The number of alkyl halides is 12. The molecule has 4 heterocycles. The minimum Gasteiger partial charge on any atom is -0.465 e. The van der Waals surface area contributed by atoms with Gasteiger partial charge in [-0.3, -0.25) is 65.3 Å². The number of carbonyl (C=O) groups excluding carboxylic acids is 4. The molecule has 0 aliphatic carbocycles. The van der Waals surface area contributed by atoms with Gasteiger partial charge in [-0.1, -0.05) is 48.7 Å². The Morgan fingerprint density at radius 2 is 0.638 bits per heavy atom. The number of amides is 1. The smallest absolute Gasteiger partial charge is 0.416 e. The molecular formula is C67H64F12N10O14S2. The van der Waals surface area contributed by atoms with Crippen molar-refractivity contribution in [3.63, 3.8) is 0 Å². The highest BCUT2D eigenvalue weighted by molar-refractivity contribution is 7.82. The van der Waals surface area contributed by atoms with Gasteiger partial charge in [-0.15, -0.1) is 0 Å². The first-order valence-electron chi connectivity index (χ1n) is 30.6. The molecule has 0 aliphatic rings. The summed E-state index contributed by atoms with van der Waals surface area (Å²) in [7, 11) is 2.14. The van der Waals surface area contributed by atoms with E-state index >= 15 is 0 Å². The van der Waals surface area contributed by atoms with Crippen LogP contribution in [0.1, 0.15) is 89.4 Å². The van der Waals surface area contributed by atoms with Gasteiger partial charge in [0.25, 0.3) is 28.1 Å². The van der Waals surface area contributed by atoms with Gasteiger partial charge in [0, 0.05) is 72.8 Å². The van der Waals surface area contributed by atoms with Crippen LogP contribution >= 0.6 is 24.4 Å². The van der Waals surface area contributed by atoms with Crippen LogP contribution in [0.3, 0.4) is 0 Å². The molecule has 4 N–H and O–H groups in total. The normalized spacial score (nSPS) is 11.4. The number of methoxy groups -OCH3 is 2. The number of ether oxygens (including phenoxy) is 2. The highest BCUT2D eigenvalue weighted by atomic mass is 32.1. The average molecular weight is 1530 g/mol. The summed E-state index contributed by atoms with van der Waals surface area (Å²) in [4.78, 5) is 146. The third-order valence-corrected chi connectivity index (χ3v) is 16.5. The van der Waals surface area contributed by atoms with Crippen molar-refractivity contribution >= 4 is 63.5 Å². The number of rotatable bonds is 17. The Morgan fingerprint density at radius 1 is 0.390 bits per heavy atom. The molecule has 0 spiro atoms. The predicted octanol–water partition coefficient (Wildman–Crippen LogP) is 7.74. The minimum atomic E-state index is -4.63. The van der Waals surface area contributed by atoms with Gasteiger partial charge >= 0.3 is 59.4 Å². The lowest BCUT2D eigenvalue weighted by molar-refractivity contribution is -0.151. The zero-order valence-electron chi connectivity index (χ0n) is 57.0. The Labute approximate surface area is 595 Å². The second-order valence-corrected chi connectivity index (χ2v) is 23.2. The van der Waals surface area contributed by atoms with Gasteiger partial charge in [-0.2, -0.15) is 52.7 Å². The molecule has 562 valence electrons. The van der Waals surface area contributed by atoms with Crippen LogP contribution in [0, 0.1) is 27.7 Å². The fourth-order valence-corrected chi connectivity index (χ4v) is 10.7. The molecule has 8 rings (SSSR count). The fourth-order valence-electron chi connectivity index (χ4n) is 10.4. The fraction of sp³-hybridized carbons (Fsp3) is 0.313. The quantitative estimate of drug-likeness (QED) is 0.0381. The molecule has 4 aromatic heterocycles. The molecule has 0 radical (unpaired) electrons. The summed E-state index contributed by atoms with van der Waals surface area (Å²) in [6, 6.07) is 16.7. The number of aromatic nitrogens is 8. The molecule has 0 fully saturated rings. The highest BCUT2D eigenvalue weighted by Crippen LogP contribution is 2.34. The van der Waals surface area contributed by atoms with Crippen molar-refractivity contribution < 1.29 is 81.3 Å². The van der Waals surface area contributed by atoms with E-state index in [2.05, 4.69) is 9.47 Å². The first-order valence-corrected chi connectivity index (χ1v) is 31.5. The van der Waals surface area contributed by atoms with Crippen LogP contribution in [-0.2, 0) is 98.8 Å². The van der Waals surface area contributed by atoms with Crippen LogP contribution in [0.4, 0.5) is 58.4 Å². The number of hydrogen-bond acceptors (Lipinski definition) is 17. The van der Waals surface area contributed by atoms with Crippen molar-refractivity contribution in [2.75, 3.05) is 20.0 Å². The molecular weight excluding hydrogens is 1460 g/mol. The number of ketones is 1. The minimum absolute atomic E-state index is 0.00507. The maximum atomic E-state index is 13.1. The number of esters is 2. The standard InChI is InChI=1S/C18H17F3N2O5.C18H17F3N2O4S.C17H16F3N3O3S.C14H14F3N3O2/c1-4-22-15(25)13(9-14(24)16(26)28-3)10(2)23(17(22)27)12-7-5-6-11(8-12)18(19,20)21;1-4-22-15(24)13(9-14(28)16(25)27-3)10(2)23(17(22)26)12-7-5-6-11(8-12)18(19,20)21;1-3-22-15(25)12(8-13(27)14(21)24)9(2)23(16(22)26)11-6-4-5-10(7-11)17(18,19)20;1-3-19-12(21)11(18)8(2)20(13(19)22)10-6-4-5-9(7-10)14(15,16)17/h2*5-8H,4,9H2,1-3H3;4-7H,3,8H2,1-2H3,(H2,21,24);4-7H,3,18H2,1-2H3. The Kier molecular flexibility index (Phi) is 27.3. The number of nitrogens with zero attached hydrogens (tertiary/aromatic N) is 8. The van der Waals surface area contributed by atoms with Gasteiger partial charge < -0.3 is 20.9 Å². The summed E-state index contributed by atoms with van der Waals surface area (Å²) in [6.45, 7) is 11.7. The zero-order chi connectivity index (χ0) is 79.6. The summed E-state index contributed by atoms with van der Waals surface area (Å²) in [5, 5.41) is 0. The molecule has 0 bridgehead atoms. The number of halogens is 12. The van der Waals surface area contributed by atoms with Crippen molar-refractivity contribution in [3.8, 4) is 22.7 Å². The van der Waals surface area contributed by atoms with Crippen LogP contribution in [0.15, 0.2) is 135 Å². The van der Waals surface area contributed by atoms with Gasteiger partial charge in [-0.25, -0.2) is 28.8 Å². The van der Waals surface area contributed by atoms with Gasteiger partial charge in [-0.05, 0) is 128 Å². The third-order valence-electron chi connectivity index (χ3n) is 15.8. The lowest BCUT2D eigenvalue weighted by Crippen LogP contribution is -2.43. The Hall–Kier alpha value is -11.2. The van der Waals surface area contributed by atoms with E-state index in [9.17, 15) is 110 Å². The van der Waals surface area contributed by atoms with E-state index in [1.54, 1.807) is 20.8 Å². The summed E-state index contributed by atoms with van der Waals surface area (Å²) in [6.07, 6.45) is -19.5. The van der Waals surface area contributed by atoms with E-state index in [1.807, 2.05) is 0 Å². The largest absolute Gasteiger partial charge is 0.465 e. The number of hydrogen-bond donors (Lipinski definition) is 2. The highest BCUT2D eigenvalue weighted by Gasteiger charge is 2.35. The molecule has 4 aromatic carbocycles. The number of primary amides is 1. The molecule has 1 amide bonds. The zero-order valence-corrected chi connectivity index (χ0v) is 58.6. The topological polar surface area (TPSA) is 315 Å². The molecule has 8 aromatic rings. The van der Waals surface area contributed by atoms with Crippen LogP contribution in [0.2, 0.25) is 0 Å². The lowest BCUT2D eigenvalue weighted by atomic mass is 10.1. The lowest BCUT2D eigenvalue weighted by Gasteiger charge is -2.17. The molecule has 0 unspecified atom stereocenters. The maximum absolute atomic E-state index is 13.1. The SMILES string of the molecule is CCn1c(=O)c(CC(=O)C(=O)OC)c(C)n(-c2cccc(C(F)(F)F)c2)c1=O.CCn1c(=O)c(CC(=S)C(=O)OC)c(C)n(-c2cccc(C(F)(F)F)c2)c1=O.CCn1c(=O)c(CC(=S)C(N)=O)c(C)n(-c2cccc(C(F)(F)F)c2)c1=O.CCn1c(=O)c(N)c(C)n(-c2cccc(C(F)(F)F)c2)c1=O. The summed E-state index contributed by atoms with van der Waals surface area (Å²) in [5.41, 5.74) is 0.961. The Balaban J connectivity index is 0.000000252. The molecule has 0 atom stereocenters. The monoisotopic (exact) mass is 1520 g/mol. The molecule has 24 nitrogen and oxygen atoms in total. The van der Waals surface area contributed by atoms with Crippen molar-refractivity contribution in [1.29, 1.82) is 0 Å². The Morgan fingerprint density at radius 3 is 0.886 bits per heavy atom. The van der Waals surface area contributed by atoms with Crippen molar-refractivity contribution in [3.05, 3.63) is 242 Å². The number of carbonyl (C=O) groups is 4. The van der Waals surface area contributed by atoms with E-state index in [-0.39, 0.29) is 117 Å². The number of nitrogens with two attached hydrogens (primary N) is 2. The van der Waals surface area contributed by atoms with Gasteiger partial charge in [0.1, 0.15) is 10.6 Å². The average Bonchev–Trinajstić information content (AvgIpc) is 0.803. The van der Waals surface area contributed by atoms with Crippen LogP contribution in [0.25, 0.3) is 22.7 Å². The van der Waals surface area contributed by atoms with Gasteiger partial charge in [0.05, 0.1) is 76.2 Å². The number of thiocarbonyl (C=S) groups is 2. The van der Waals surface area contributed by atoms with E-state index in [0.29, 0.717) is 0 Å². The first kappa shape index (κ1) is 84.5. The second kappa shape index (κ2) is 34.0. The summed E-state index contributed by atoms with van der Waals surface area (Å²) >= 11 is 9.82. The molecule has 38 heteroatoms. The number of nitrogen functional groups attached to an aromatic ring is 1. The first-order chi connectivity index (χ1) is 48.7. The van der Waals surface area contributed by atoms with Crippen LogP contribution < -0.4 is 56.5 Å². The van der Waals surface area contributed by atoms with E-state index in [0.717, 1.165) is 105 Å². The maximum Gasteiger partial charge on any atom is 0.416 e. The van der Waals surface area contributed by atoms with Crippen molar-refractivity contribution in [2.45, 2.75) is 126 Å². The van der Waals surface area contributed by atoms with E-state index in [4.69, 9.17) is 35.9 Å². The van der Waals surface area contributed by atoms with Crippen molar-refractivity contribution in [2.24, 2.45) is 5.73 Å². The van der Waals surface area contributed by atoms with Crippen LogP contribution in [-0.4, -0.2) is 84.1 Å². The Bertz CT molecular complexity index is 5100. The molecule has 0 saturated heterocycles. The number of anilines is 1. The van der Waals surface area contributed by atoms with Crippen molar-refractivity contribution in [1.82, 2.24) is 36.5 Å². The van der Waals surface area contributed by atoms with Crippen LogP contribution in [0.5, 0.6) is 0 Å². The van der Waals surface area contributed by atoms with Gasteiger partial charge in [0.15, 0.2) is 0 Å². The summed E-state index contributed by atoms with van der Waals surface area (Å²) < 4.78 is 172. The van der Waals surface area contributed by atoms with Gasteiger partial charge in [0.2, 0.25) is 5.78 Å². The predicted molar refractivity (Wildman–Crippen MR) is 366 cm³/mol. The van der Waals surface area contributed by atoms with E-state index < -0.39 is 122 Å².